The number of aryl methyl sites for hydroxylation is 1. The summed E-state index contributed by atoms with van der Waals surface area (Å²) in [5.41, 5.74) is 0. The lowest BCUT2D eigenvalue weighted by Crippen LogP contribution is -2.47. The summed E-state index contributed by atoms with van der Waals surface area (Å²) in [6.45, 7) is 8.86. The van der Waals surface area contributed by atoms with Gasteiger partial charge in [0.25, 0.3) is 0 Å². The van der Waals surface area contributed by atoms with Crippen molar-refractivity contribution < 1.29 is 4.74 Å². The third-order valence-electron chi connectivity index (χ3n) is 4.31. The van der Waals surface area contributed by atoms with E-state index in [-0.39, 0.29) is 0 Å². The summed E-state index contributed by atoms with van der Waals surface area (Å²) >= 11 is 1.48. The zero-order valence-corrected chi connectivity index (χ0v) is 14.6. The number of hydrogen-bond acceptors (Lipinski definition) is 9. The Bertz CT molecular complexity index is 680. The van der Waals surface area contributed by atoms with Gasteiger partial charge in [-0.05, 0) is 13.0 Å². The van der Waals surface area contributed by atoms with Crippen LogP contribution in [0.15, 0.2) is 12.3 Å². The van der Waals surface area contributed by atoms with Gasteiger partial charge in [-0.15, -0.1) is 0 Å². The Balaban J connectivity index is 1.42. The van der Waals surface area contributed by atoms with Crippen molar-refractivity contribution in [2.45, 2.75) is 6.92 Å². The number of piperazine rings is 1. The Morgan fingerprint density at radius 1 is 0.958 bits per heavy atom. The molecule has 8 nitrogen and oxygen atoms in total. The molecule has 2 aliphatic heterocycles. The zero-order valence-electron chi connectivity index (χ0n) is 13.8. The number of morpholine rings is 1. The average Bonchev–Trinajstić information content (AvgIpc) is 3.09. The van der Waals surface area contributed by atoms with E-state index in [2.05, 4.69) is 29.0 Å². The molecular weight excluding hydrogens is 326 g/mol. The minimum absolute atomic E-state index is 0.744. The monoisotopic (exact) mass is 347 g/mol. The first-order chi connectivity index (χ1) is 11.8. The maximum atomic E-state index is 5.40. The molecule has 0 atom stereocenters. The summed E-state index contributed by atoms with van der Waals surface area (Å²) in [6, 6.07) is 1.99. The van der Waals surface area contributed by atoms with Gasteiger partial charge in [0.05, 0.1) is 13.2 Å². The number of anilines is 3. The zero-order chi connectivity index (χ0) is 16.4. The second kappa shape index (κ2) is 6.86. The topological polar surface area (TPSA) is 70.5 Å². The van der Waals surface area contributed by atoms with E-state index >= 15 is 0 Å². The normalized spacial score (nSPS) is 19.0. The van der Waals surface area contributed by atoms with Gasteiger partial charge in [-0.2, -0.15) is 9.36 Å². The van der Waals surface area contributed by atoms with Crippen LogP contribution in [0.5, 0.6) is 0 Å². The molecule has 0 bridgehead atoms. The molecule has 0 spiro atoms. The van der Waals surface area contributed by atoms with E-state index in [1.54, 1.807) is 0 Å². The quantitative estimate of drug-likeness (QED) is 0.807. The van der Waals surface area contributed by atoms with E-state index in [0.29, 0.717) is 0 Å². The average molecular weight is 347 g/mol. The molecule has 0 aromatic carbocycles. The Morgan fingerprint density at radius 3 is 2.42 bits per heavy atom. The van der Waals surface area contributed by atoms with Crippen molar-refractivity contribution in [2.75, 3.05) is 67.2 Å². The third-order valence-corrected chi connectivity index (χ3v) is 5.18. The highest BCUT2D eigenvalue weighted by Gasteiger charge is 2.22. The van der Waals surface area contributed by atoms with Crippen molar-refractivity contribution in [3.63, 3.8) is 0 Å². The van der Waals surface area contributed by atoms with Crippen LogP contribution in [0.25, 0.3) is 0 Å². The molecule has 0 N–H and O–H groups in total. The summed E-state index contributed by atoms with van der Waals surface area (Å²) in [6.07, 6.45) is 1.85. The molecule has 0 radical (unpaired) electrons. The summed E-state index contributed by atoms with van der Waals surface area (Å²) in [4.78, 5) is 20.5. The van der Waals surface area contributed by atoms with Crippen LogP contribution in [0.2, 0.25) is 0 Å². The molecule has 128 valence electrons. The number of aromatic nitrogens is 4. The number of ether oxygens (including phenoxy) is 1. The van der Waals surface area contributed by atoms with Gasteiger partial charge in [-0.3, -0.25) is 0 Å². The van der Waals surface area contributed by atoms with Gasteiger partial charge in [0.15, 0.2) is 0 Å². The molecule has 4 rings (SSSR count). The van der Waals surface area contributed by atoms with E-state index in [9.17, 15) is 0 Å². The Morgan fingerprint density at radius 2 is 1.71 bits per heavy atom. The van der Waals surface area contributed by atoms with Gasteiger partial charge < -0.3 is 19.4 Å². The van der Waals surface area contributed by atoms with Gasteiger partial charge in [-0.25, -0.2) is 9.97 Å². The van der Waals surface area contributed by atoms with Crippen LogP contribution in [0, 0.1) is 6.92 Å². The molecule has 2 aromatic heterocycles. The van der Waals surface area contributed by atoms with Gasteiger partial charge in [0.1, 0.15) is 11.6 Å². The number of hydrogen-bond donors (Lipinski definition) is 0. The van der Waals surface area contributed by atoms with Crippen molar-refractivity contribution in [2.24, 2.45) is 0 Å². The molecule has 24 heavy (non-hydrogen) atoms. The highest BCUT2D eigenvalue weighted by atomic mass is 32.1. The predicted octanol–water partition coefficient (Wildman–Crippen LogP) is 0.800. The van der Waals surface area contributed by atoms with E-state index < -0.39 is 0 Å². The van der Waals surface area contributed by atoms with Crippen LogP contribution < -0.4 is 14.7 Å². The van der Waals surface area contributed by atoms with E-state index in [4.69, 9.17) is 9.72 Å². The highest BCUT2D eigenvalue weighted by molar-refractivity contribution is 7.09. The first-order valence-electron chi connectivity index (χ1n) is 8.25. The molecule has 0 unspecified atom stereocenters. The Labute approximate surface area is 145 Å². The van der Waals surface area contributed by atoms with Crippen LogP contribution in [0.4, 0.5) is 16.9 Å². The molecule has 2 fully saturated rings. The van der Waals surface area contributed by atoms with Crippen LogP contribution in [-0.2, 0) is 4.74 Å². The molecule has 9 heteroatoms. The summed E-state index contributed by atoms with van der Waals surface area (Å²) in [5.74, 6) is 2.65. The molecule has 2 aromatic rings. The molecule has 0 saturated carbocycles. The Hall–Kier alpha value is -2.00. The first-order valence-corrected chi connectivity index (χ1v) is 9.03. The molecule has 2 saturated heterocycles. The van der Waals surface area contributed by atoms with Gasteiger partial charge >= 0.3 is 0 Å². The molecule has 2 aliphatic rings. The molecular formula is C15H21N7OS. The largest absolute Gasteiger partial charge is 0.378 e. The maximum Gasteiger partial charge on any atom is 0.227 e. The minimum Gasteiger partial charge on any atom is -0.378 e. The number of nitrogens with zero attached hydrogens (tertiary/aromatic N) is 7. The summed E-state index contributed by atoms with van der Waals surface area (Å²) in [7, 11) is 0. The van der Waals surface area contributed by atoms with Crippen LogP contribution in [0.1, 0.15) is 5.82 Å². The lowest BCUT2D eigenvalue weighted by Gasteiger charge is -2.35. The predicted molar refractivity (Wildman–Crippen MR) is 94.1 cm³/mol. The van der Waals surface area contributed by atoms with Crippen molar-refractivity contribution in [1.82, 2.24) is 19.3 Å². The van der Waals surface area contributed by atoms with Crippen LogP contribution in [0.3, 0.4) is 0 Å². The minimum atomic E-state index is 0.744. The SMILES string of the molecule is Cc1nsc(N2CCN(c3ccnc(N4CCOCC4)n3)CC2)n1. The van der Waals surface area contributed by atoms with E-state index in [0.717, 1.165) is 75.2 Å². The lowest BCUT2D eigenvalue weighted by molar-refractivity contribution is 0.122. The molecule has 0 aliphatic carbocycles. The second-order valence-electron chi connectivity index (χ2n) is 5.91. The Kier molecular flexibility index (Phi) is 4.44. The number of rotatable bonds is 3. The van der Waals surface area contributed by atoms with Crippen LogP contribution >= 0.6 is 11.5 Å². The fraction of sp³-hybridized carbons (Fsp3) is 0.600. The second-order valence-corrected chi connectivity index (χ2v) is 6.64. The lowest BCUT2D eigenvalue weighted by atomic mass is 10.3. The smallest absolute Gasteiger partial charge is 0.227 e. The standard InChI is InChI=1S/C15H21N7OS/c1-12-17-15(24-19-12)22-6-4-20(5-7-22)13-2-3-16-14(18-13)21-8-10-23-11-9-21/h2-3H,4-11H2,1H3. The van der Waals surface area contributed by atoms with Crippen LogP contribution in [-0.4, -0.2) is 71.8 Å². The summed E-state index contributed by atoms with van der Waals surface area (Å²) in [5, 5.41) is 1.02. The summed E-state index contributed by atoms with van der Waals surface area (Å²) < 4.78 is 9.67. The van der Waals surface area contributed by atoms with Gasteiger partial charge in [-0.1, -0.05) is 0 Å². The van der Waals surface area contributed by atoms with Crippen molar-refractivity contribution in [3.8, 4) is 0 Å². The fourth-order valence-corrected chi connectivity index (χ4v) is 3.70. The molecule has 0 amide bonds. The van der Waals surface area contributed by atoms with Gasteiger partial charge in [0.2, 0.25) is 11.1 Å². The van der Waals surface area contributed by atoms with Crippen molar-refractivity contribution >= 4 is 28.4 Å². The van der Waals surface area contributed by atoms with Gasteiger partial charge in [0, 0.05) is 57.0 Å². The van der Waals surface area contributed by atoms with Crippen molar-refractivity contribution in [1.29, 1.82) is 0 Å². The molecule has 4 heterocycles. The van der Waals surface area contributed by atoms with E-state index in [1.165, 1.54) is 11.5 Å². The first kappa shape index (κ1) is 15.5. The highest BCUT2D eigenvalue weighted by Crippen LogP contribution is 2.22. The fourth-order valence-electron chi connectivity index (χ4n) is 2.97. The maximum absolute atomic E-state index is 5.40. The van der Waals surface area contributed by atoms with E-state index in [1.807, 2.05) is 19.2 Å². The van der Waals surface area contributed by atoms with Crippen molar-refractivity contribution in [3.05, 3.63) is 18.1 Å². The third kappa shape index (κ3) is 3.27.